The van der Waals surface area contributed by atoms with E-state index in [0.717, 1.165) is 6.42 Å². The summed E-state index contributed by atoms with van der Waals surface area (Å²) in [5, 5.41) is 14.9. The van der Waals surface area contributed by atoms with Crippen LogP contribution < -0.4 is 15.4 Å². The smallest absolute Gasteiger partial charge is 0.238 e. The Kier molecular flexibility index (Phi) is 8.76. The molecule has 0 spiro atoms. The first-order valence-corrected chi connectivity index (χ1v) is 9.13. The Hall–Kier alpha value is -2.59. The van der Waals surface area contributed by atoms with Gasteiger partial charge in [0.2, 0.25) is 11.8 Å². The molecule has 1 unspecified atom stereocenters. The lowest BCUT2D eigenvalue weighted by Gasteiger charge is -2.29. The molecular weight excluding hydrogens is 344 g/mol. The van der Waals surface area contributed by atoms with Crippen molar-refractivity contribution in [3.8, 4) is 11.8 Å². The second-order valence-corrected chi connectivity index (χ2v) is 6.98. The summed E-state index contributed by atoms with van der Waals surface area (Å²) in [5.74, 6) is 0.0474. The van der Waals surface area contributed by atoms with E-state index in [1.54, 1.807) is 31.1 Å². The molecule has 7 nitrogen and oxygen atoms in total. The molecule has 0 aliphatic heterocycles. The standard InChI is InChI=1S/C20H30N4O3/c1-6-11-24(13-19(26)23-20(4,14-21)15(2)3)12-18(25)22-16-9-7-8-10-17(16)27-5/h7-10,15H,6,11-13H2,1-5H3,(H,22,25)(H,23,26). The Morgan fingerprint density at radius 1 is 1.26 bits per heavy atom. The Morgan fingerprint density at radius 3 is 2.44 bits per heavy atom. The highest BCUT2D eigenvalue weighted by Crippen LogP contribution is 2.22. The molecule has 27 heavy (non-hydrogen) atoms. The van der Waals surface area contributed by atoms with Crippen LogP contribution >= 0.6 is 0 Å². The first kappa shape index (κ1) is 22.5. The van der Waals surface area contributed by atoms with Gasteiger partial charge in [-0.1, -0.05) is 32.9 Å². The minimum Gasteiger partial charge on any atom is -0.495 e. The molecule has 7 heteroatoms. The zero-order chi connectivity index (χ0) is 20.4. The third-order valence-electron chi connectivity index (χ3n) is 4.44. The molecule has 0 heterocycles. The zero-order valence-corrected chi connectivity index (χ0v) is 16.8. The molecule has 1 aromatic carbocycles. The molecule has 1 rings (SSSR count). The van der Waals surface area contributed by atoms with Crippen molar-refractivity contribution < 1.29 is 14.3 Å². The van der Waals surface area contributed by atoms with E-state index < -0.39 is 5.54 Å². The Labute approximate surface area is 161 Å². The van der Waals surface area contributed by atoms with Crippen LogP contribution in [0, 0.1) is 17.2 Å². The SMILES string of the molecule is CCCN(CC(=O)Nc1ccccc1OC)CC(=O)NC(C)(C#N)C(C)C. The number of nitrogens with zero attached hydrogens (tertiary/aromatic N) is 2. The van der Waals surface area contributed by atoms with Crippen LogP contribution in [0.1, 0.15) is 34.1 Å². The first-order valence-electron chi connectivity index (χ1n) is 9.13. The van der Waals surface area contributed by atoms with Crippen LogP contribution in [-0.4, -0.2) is 49.0 Å². The average Bonchev–Trinajstić information content (AvgIpc) is 2.61. The minimum absolute atomic E-state index is 0.0279. The molecule has 0 bridgehead atoms. The summed E-state index contributed by atoms with van der Waals surface area (Å²) >= 11 is 0. The van der Waals surface area contributed by atoms with Gasteiger partial charge in [0.05, 0.1) is 32.0 Å². The van der Waals surface area contributed by atoms with Crippen molar-refractivity contribution in [1.29, 1.82) is 5.26 Å². The zero-order valence-electron chi connectivity index (χ0n) is 16.8. The van der Waals surface area contributed by atoms with Gasteiger partial charge in [-0.2, -0.15) is 5.26 Å². The van der Waals surface area contributed by atoms with E-state index in [2.05, 4.69) is 16.7 Å². The number of hydrogen-bond donors (Lipinski definition) is 2. The van der Waals surface area contributed by atoms with Crippen LogP contribution in [0.25, 0.3) is 0 Å². The number of carbonyl (C=O) groups excluding carboxylic acids is 2. The molecule has 0 aliphatic rings. The quantitative estimate of drug-likeness (QED) is 0.656. The number of nitrogens with one attached hydrogen (secondary N) is 2. The Bertz CT molecular complexity index is 684. The molecule has 0 radical (unpaired) electrons. The number of nitriles is 1. The van der Waals surface area contributed by atoms with Gasteiger partial charge in [0.1, 0.15) is 11.3 Å². The number of benzene rings is 1. The highest BCUT2D eigenvalue weighted by atomic mass is 16.5. The molecule has 148 valence electrons. The molecule has 1 atom stereocenters. The number of hydrogen-bond acceptors (Lipinski definition) is 5. The summed E-state index contributed by atoms with van der Waals surface area (Å²) in [6, 6.07) is 9.31. The summed E-state index contributed by atoms with van der Waals surface area (Å²) < 4.78 is 5.23. The first-order chi connectivity index (χ1) is 12.8. The molecular formula is C20H30N4O3. The van der Waals surface area contributed by atoms with Gasteiger partial charge in [0, 0.05) is 0 Å². The second-order valence-electron chi connectivity index (χ2n) is 6.98. The van der Waals surface area contributed by atoms with E-state index in [4.69, 9.17) is 4.74 Å². The van der Waals surface area contributed by atoms with Gasteiger partial charge in [-0.05, 0) is 37.9 Å². The number of anilines is 1. The largest absolute Gasteiger partial charge is 0.495 e. The maximum absolute atomic E-state index is 12.4. The summed E-state index contributed by atoms with van der Waals surface area (Å²) in [6.07, 6.45) is 0.801. The Balaban J connectivity index is 2.71. The van der Waals surface area contributed by atoms with Crippen LogP contribution in [0.3, 0.4) is 0 Å². The summed E-state index contributed by atoms with van der Waals surface area (Å²) in [7, 11) is 1.54. The van der Waals surface area contributed by atoms with Gasteiger partial charge in [0.15, 0.2) is 0 Å². The number of methoxy groups -OCH3 is 1. The van der Waals surface area contributed by atoms with Crippen molar-refractivity contribution in [2.75, 3.05) is 32.1 Å². The highest BCUT2D eigenvalue weighted by Gasteiger charge is 2.30. The predicted molar refractivity (Wildman–Crippen MR) is 105 cm³/mol. The van der Waals surface area contributed by atoms with Crippen molar-refractivity contribution in [3.05, 3.63) is 24.3 Å². The van der Waals surface area contributed by atoms with E-state index in [1.807, 2.05) is 32.9 Å². The number of amides is 2. The van der Waals surface area contributed by atoms with Crippen molar-refractivity contribution in [1.82, 2.24) is 10.2 Å². The predicted octanol–water partition coefficient (Wildman–Crippen LogP) is 2.40. The maximum atomic E-state index is 12.4. The van der Waals surface area contributed by atoms with E-state index in [0.29, 0.717) is 18.0 Å². The lowest BCUT2D eigenvalue weighted by atomic mass is 9.90. The summed E-state index contributed by atoms with van der Waals surface area (Å²) in [4.78, 5) is 26.6. The molecule has 0 aliphatic carbocycles. The van der Waals surface area contributed by atoms with Gasteiger partial charge >= 0.3 is 0 Å². The fraction of sp³-hybridized carbons (Fsp3) is 0.550. The van der Waals surface area contributed by atoms with Crippen LogP contribution in [0.4, 0.5) is 5.69 Å². The number of para-hydroxylation sites is 2. The van der Waals surface area contributed by atoms with E-state index in [1.165, 1.54) is 0 Å². The minimum atomic E-state index is -0.936. The third kappa shape index (κ3) is 6.91. The van der Waals surface area contributed by atoms with Gasteiger partial charge < -0.3 is 15.4 Å². The summed E-state index contributed by atoms with van der Waals surface area (Å²) in [5.41, 5.74) is -0.350. The topological polar surface area (TPSA) is 94.5 Å². The van der Waals surface area contributed by atoms with Gasteiger partial charge in [-0.25, -0.2) is 0 Å². The monoisotopic (exact) mass is 374 g/mol. The van der Waals surface area contributed by atoms with Crippen molar-refractivity contribution in [2.45, 2.75) is 39.7 Å². The molecule has 0 aromatic heterocycles. The maximum Gasteiger partial charge on any atom is 0.238 e. The molecule has 0 saturated heterocycles. The molecule has 2 amide bonds. The Morgan fingerprint density at radius 2 is 1.89 bits per heavy atom. The fourth-order valence-electron chi connectivity index (χ4n) is 2.50. The van der Waals surface area contributed by atoms with Crippen LogP contribution in [0.5, 0.6) is 5.75 Å². The lowest BCUT2D eigenvalue weighted by molar-refractivity contribution is -0.124. The van der Waals surface area contributed by atoms with Crippen molar-refractivity contribution in [2.24, 2.45) is 5.92 Å². The molecule has 0 fully saturated rings. The van der Waals surface area contributed by atoms with Gasteiger partial charge in [-0.3, -0.25) is 14.5 Å². The van der Waals surface area contributed by atoms with Crippen molar-refractivity contribution >= 4 is 17.5 Å². The second kappa shape index (κ2) is 10.5. The number of ether oxygens (including phenoxy) is 1. The van der Waals surface area contributed by atoms with Crippen LogP contribution in [0.15, 0.2) is 24.3 Å². The van der Waals surface area contributed by atoms with Crippen LogP contribution in [0.2, 0.25) is 0 Å². The summed E-state index contributed by atoms with van der Waals surface area (Å²) in [6.45, 7) is 8.17. The van der Waals surface area contributed by atoms with Crippen molar-refractivity contribution in [3.63, 3.8) is 0 Å². The lowest BCUT2D eigenvalue weighted by Crippen LogP contribution is -2.52. The van der Waals surface area contributed by atoms with E-state index in [-0.39, 0.29) is 30.8 Å². The molecule has 1 aromatic rings. The highest BCUT2D eigenvalue weighted by molar-refractivity contribution is 5.94. The number of carbonyl (C=O) groups is 2. The normalized spacial score (nSPS) is 13.0. The van der Waals surface area contributed by atoms with E-state index >= 15 is 0 Å². The van der Waals surface area contributed by atoms with E-state index in [9.17, 15) is 14.9 Å². The van der Waals surface area contributed by atoms with Gasteiger partial charge in [-0.15, -0.1) is 0 Å². The average molecular weight is 374 g/mol. The third-order valence-corrected chi connectivity index (χ3v) is 4.44. The molecule has 2 N–H and O–H groups in total. The number of rotatable bonds is 10. The van der Waals surface area contributed by atoms with Crippen LogP contribution in [-0.2, 0) is 9.59 Å². The fourth-order valence-corrected chi connectivity index (χ4v) is 2.50. The van der Waals surface area contributed by atoms with Gasteiger partial charge in [0.25, 0.3) is 0 Å². The molecule has 0 saturated carbocycles.